The van der Waals surface area contributed by atoms with Crippen LogP contribution in [0, 0.1) is 0 Å². The maximum Gasteiger partial charge on any atom is 0.275 e. The van der Waals surface area contributed by atoms with Gasteiger partial charge in [0.1, 0.15) is 0 Å². The Hall–Kier alpha value is -2.08. The molecule has 2 rings (SSSR count). The third-order valence-corrected chi connectivity index (χ3v) is 2.83. The Morgan fingerprint density at radius 3 is 2.79 bits per heavy atom. The lowest BCUT2D eigenvalue weighted by atomic mass is 10.2. The average molecular weight is 280 g/mol. The van der Waals surface area contributed by atoms with Crippen LogP contribution in [0.2, 0.25) is 5.02 Å². The van der Waals surface area contributed by atoms with E-state index < -0.39 is 0 Å². The molecule has 0 bridgehead atoms. The van der Waals surface area contributed by atoms with E-state index in [-0.39, 0.29) is 11.6 Å². The summed E-state index contributed by atoms with van der Waals surface area (Å²) in [5.41, 5.74) is 1.87. The first kappa shape index (κ1) is 13.4. The summed E-state index contributed by atoms with van der Waals surface area (Å²) < 4.78 is 1.52. The molecular weight excluding hydrogens is 266 g/mol. The largest absolute Gasteiger partial charge is 0.386 e. The number of halogens is 1. The van der Waals surface area contributed by atoms with E-state index in [1.54, 1.807) is 39.5 Å². The van der Waals surface area contributed by atoms with Crippen molar-refractivity contribution in [3.8, 4) is 5.69 Å². The summed E-state index contributed by atoms with van der Waals surface area (Å²) in [6.45, 7) is 0. The predicted molar refractivity (Wildman–Crippen MR) is 73.9 cm³/mol. The number of hydrogen-bond donors (Lipinski definition) is 1. The molecule has 0 saturated heterocycles. The Labute approximate surface area is 116 Å². The number of nitrogens with zero attached hydrogens (tertiary/aromatic N) is 4. The van der Waals surface area contributed by atoms with E-state index in [9.17, 15) is 4.79 Å². The van der Waals surface area contributed by atoms with Crippen LogP contribution in [0.4, 0.5) is 5.69 Å². The lowest BCUT2D eigenvalue weighted by Crippen LogP contribution is -2.21. The second-order valence-corrected chi connectivity index (χ2v) is 4.60. The maximum absolute atomic E-state index is 11.8. The van der Waals surface area contributed by atoms with Gasteiger partial charge in [-0.1, -0.05) is 16.8 Å². The van der Waals surface area contributed by atoms with Crippen LogP contribution in [0.1, 0.15) is 10.5 Å². The summed E-state index contributed by atoms with van der Waals surface area (Å²) in [6.07, 6.45) is 1.58. The third-order valence-electron chi connectivity index (χ3n) is 2.59. The van der Waals surface area contributed by atoms with Crippen LogP contribution in [0.5, 0.6) is 0 Å². The summed E-state index contributed by atoms with van der Waals surface area (Å²) in [7, 11) is 5.13. The van der Waals surface area contributed by atoms with Crippen LogP contribution in [0.25, 0.3) is 5.69 Å². The van der Waals surface area contributed by atoms with Gasteiger partial charge in [-0.05, 0) is 18.2 Å². The Kier molecular flexibility index (Phi) is 3.71. The number of carbonyl (C=O) groups excluding carboxylic acids is 1. The van der Waals surface area contributed by atoms with E-state index >= 15 is 0 Å². The molecule has 1 aromatic heterocycles. The first-order chi connectivity index (χ1) is 9.02. The topological polar surface area (TPSA) is 63.1 Å². The van der Waals surface area contributed by atoms with Gasteiger partial charge in [0.05, 0.1) is 17.6 Å². The minimum Gasteiger partial charge on any atom is -0.386 e. The number of amides is 1. The molecule has 0 aliphatic rings. The van der Waals surface area contributed by atoms with Crippen LogP contribution >= 0.6 is 11.6 Å². The van der Waals surface area contributed by atoms with E-state index in [4.69, 9.17) is 11.6 Å². The second kappa shape index (κ2) is 5.27. The van der Waals surface area contributed by atoms with Crippen LogP contribution < -0.4 is 5.32 Å². The minimum absolute atomic E-state index is 0.195. The highest BCUT2D eigenvalue weighted by atomic mass is 35.5. The number of anilines is 1. The smallest absolute Gasteiger partial charge is 0.275 e. The molecule has 6 nitrogen and oxygen atoms in total. The maximum atomic E-state index is 11.8. The lowest BCUT2D eigenvalue weighted by molar-refractivity contribution is 0.0822. The fraction of sp³-hybridized carbons (Fsp3) is 0.250. The van der Waals surface area contributed by atoms with Gasteiger partial charge in [-0.15, -0.1) is 5.10 Å². The summed E-state index contributed by atoms with van der Waals surface area (Å²) >= 11 is 5.98. The lowest BCUT2D eigenvalue weighted by Gasteiger charge is -2.08. The summed E-state index contributed by atoms with van der Waals surface area (Å²) in [5, 5.41) is 11.5. The molecule has 0 aliphatic heterocycles. The van der Waals surface area contributed by atoms with E-state index in [0.29, 0.717) is 5.02 Å². The molecule has 0 atom stereocenters. The number of nitrogens with one attached hydrogen (secondary N) is 1. The molecule has 19 heavy (non-hydrogen) atoms. The molecule has 1 N–H and O–H groups in total. The van der Waals surface area contributed by atoms with E-state index in [1.807, 2.05) is 6.07 Å². The van der Waals surface area contributed by atoms with Crippen LogP contribution in [-0.4, -0.2) is 46.9 Å². The molecule has 1 aromatic carbocycles. The van der Waals surface area contributed by atoms with E-state index in [1.165, 1.54) is 9.58 Å². The van der Waals surface area contributed by atoms with Gasteiger partial charge < -0.3 is 10.2 Å². The van der Waals surface area contributed by atoms with Gasteiger partial charge in [0.2, 0.25) is 0 Å². The Morgan fingerprint density at radius 2 is 2.16 bits per heavy atom. The van der Waals surface area contributed by atoms with Crippen LogP contribution in [-0.2, 0) is 0 Å². The molecular formula is C12H14ClN5O. The Balaban J connectivity index is 2.43. The molecule has 0 fully saturated rings. The highest BCUT2D eigenvalue weighted by Crippen LogP contribution is 2.23. The molecule has 2 aromatic rings. The molecule has 0 saturated carbocycles. The molecule has 1 amide bonds. The van der Waals surface area contributed by atoms with Crippen LogP contribution in [0.3, 0.4) is 0 Å². The zero-order valence-electron chi connectivity index (χ0n) is 10.9. The molecule has 0 unspecified atom stereocenters. The van der Waals surface area contributed by atoms with E-state index in [2.05, 4.69) is 15.6 Å². The molecule has 0 aliphatic carbocycles. The zero-order valence-corrected chi connectivity index (χ0v) is 11.6. The Morgan fingerprint density at radius 1 is 1.42 bits per heavy atom. The van der Waals surface area contributed by atoms with Gasteiger partial charge in [-0.2, -0.15) is 0 Å². The second-order valence-electron chi connectivity index (χ2n) is 4.16. The molecule has 0 spiro atoms. The monoisotopic (exact) mass is 279 g/mol. The van der Waals surface area contributed by atoms with Crippen molar-refractivity contribution in [2.75, 3.05) is 26.5 Å². The molecule has 1 heterocycles. The van der Waals surface area contributed by atoms with Crippen molar-refractivity contribution < 1.29 is 4.79 Å². The normalized spacial score (nSPS) is 10.3. The summed E-state index contributed by atoms with van der Waals surface area (Å²) in [6, 6.07) is 5.37. The fourth-order valence-electron chi connectivity index (χ4n) is 1.61. The van der Waals surface area contributed by atoms with Crippen molar-refractivity contribution in [1.29, 1.82) is 0 Å². The third kappa shape index (κ3) is 2.68. The van der Waals surface area contributed by atoms with Gasteiger partial charge in [-0.3, -0.25) is 4.79 Å². The summed E-state index contributed by atoms with van der Waals surface area (Å²) in [5.74, 6) is -0.195. The van der Waals surface area contributed by atoms with Crippen molar-refractivity contribution >= 4 is 23.2 Å². The molecule has 7 heteroatoms. The number of hydrogen-bond acceptors (Lipinski definition) is 4. The molecule has 0 radical (unpaired) electrons. The van der Waals surface area contributed by atoms with Crippen molar-refractivity contribution in [1.82, 2.24) is 19.9 Å². The van der Waals surface area contributed by atoms with Crippen molar-refractivity contribution in [3.63, 3.8) is 0 Å². The van der Waals surface area contributed by atoms with Gasteiger partial charge in [0, 0.05) is 26.2 Å². The Bertz CT molecular complexity index is 608. The quantitative estimate of drug-likeness (QED) is 0.928. The minimum atomic E-state index is -0.195. The number of rotatable bonds is 3. The van der Waals surface area contributed by atoms with Gasteiger partial charge in [0.15, 0.2) is 5.69 Å². The number of benzene rings is 1. The van der Waals surface area contributed by atoms with Crippen molar-refractivity contribution in [3.05, 3.63) is 35.1 Å². The SMILES string of the molecule is CNc1ccc(Cl)cc1-n1cc(C(=O)N(C)C)nn1. The number of aromatic nitrogens is 3. The first-order valence-electron chi connectivity index (χ1n) is 5.64. The fourth-order valence-corrected chi connectivity index (χ4v) is 1.78. The highest BCUT2D eigenvalue weighted by molar-refractivity contribution is 6.30. The standard InChI is InChI=1S/C12H14ClN5O/c1-14-9-5-4-8(13)6-11(9)18-7-10(15-16-18)12(19)17(2)3/h4-7,14H,1-3H3. The summed E-state index contributed by atoms with van der Waals surface area (Å²) in [4.78, 5) is 13.2. The number of carbonyl (C=O) groups is 1. The van der Waals surface area contributed by atoms with Crippen molar-refractivity contribution in [2.45, 2.75) is 0 Å². The van der Waals surface area contributed by atoms with Gasteiger partial charge >= 0.3 is 0 Å². The van der Waals surface area contributed by atoms with Gasteiger partial charge in [0.25, 0.3) is 5.91 Å². The van der Waals surface area contributed by atoms with E-state index in [0.717, 1.165) is 11.4 Å². The zero-order chi connectivity index (χ0) is 14.0. The van der Waals surface area contributed by atoms with Gasteiger partial charge in [-0.25, -0.2) is 4.68 Å². The first-order valence-corrected chi connectivity index (χ1v) is 6.02. The van der Waals surface area contributed by atoms with Crippen LogP contribution in [0.15, 0.2) is 24.4 Å². The highest BCUT2D eigenvalue weighted by Gasteiger charge is 2.14. The van der Waals surface area contributed by atoms with Crippen molar-refractivity contribution in [2.24, 2.45) is 0 Å². The average Bonchev–Trinajstić information content (AvgIpc) is 2.87. The predicted octanol–water partition coefficient (Wildman–Crippen LogP) is 1.66. The molecule has 100 valence electrons.